The van der Waals surface area contributed by atoms with Gasteiger partial charge in [0, 0.05) is 28.8 Å². The average molecular weight is 389 g/mol. The number of hydrogen-bond donors (Lipinski definition) is 1. The molecule has 1 aromatic heterocycles. The molecule has 1 unspecified atom stereocenters. The Morgan fingerprint density at radius 3 is 2.67 bits per heavy atom. The molecule has 0 saturated heterocycles. The Balaban J connectivity index is 1.75. The summed E-state index contributed by atoms with van der Waals surface area (Å²) < 4.78 is 20.2. The summed E-state index contributed by atoms with van der Waals surface area (Å²) in [4.78, 5) is 25.0. The van der Waals surface area contributed by atoms with Crippen LogP contribution in [0.5, 0.6) is 5.75 Å². The molecular formula is C21H24FNO3S. The minimum absolute atomic E-state index is 0.0142. The molecule has 27 heavy (non-hydrogen) atoms. The topological polar surface area (TPSA) is 55.4 Å². The third kappa shape index (κ3) is 4.75. The molecule has 0 aliphatic carbocycles. The van der Waals surface area contributed by atoms with Crippen molar-refractivity contribution in [1.29, 1.82) is 0 Å². The van der Waals surface area contributed by atoms with E-state index in [0.29, 0.717) is 35.6 Å². The van der Waals surface area contributed by atoms with Crippen LogP contribution in [-0.2, 0) is 11.2 Å². The molecule has 144 valence electrons. The van der Waals surface area contributed by atoms with E-state index in [1.54, 1.807) is 6.07 Å². The highest BCUT2D eigenvalue weighted by Crippen LogP contribution is 2.42. The molecule has 1 aliphatic heterocycles. The van der Waals surface area contributed by atoms with Crippen LogP contribution in [0, 0.1) is 11.2 Å². The monoisotopic (exact) mass is 389 g/mol. The molecule has 0 fully saturated rings. The molecule has 1 amide bonds. The highest BCUT2D eigenvalue weighted by atomic mass is 32.1. The number of thiophene rings is 1. The van der Waals surface area contributed by atoms with Gasteiger partial charge in [-0.15, -0.1) is 11.3 Å². The normalized spacial score (nSPS) is 16.0. The lowest BCUT2D eigenvalue weighted by Gasteiger charge is -2.18. The molecular weight excluding hydrogens is 365 g/mol. The minimum Gasteiger partial charge on any atom is -0.487 e. The average Bonchev–Trinajstić information content (AvgIpc) is 3.17. The van der Waals surface area contributed by atoms with E-state index in [1.165, 1.54) is 30.4 Å². The summed E-state index contributed by atoms with van der Waals surface area (Å²) >= 11 is 1.33. The number of amides is 1. The van der Waals surface area contributed by atoms with Gasteiger partial charge >= 0.3 is 0 Å². The van der Waals surface area contributed by atoms with Crippen LogP contribution >= 0.6 is 11.3 Å². The summed E-state index contributed by atoms with van der Waals surface area (Å²) in [7, 11) is 0. The molecule has 1 aromatic carbocycles. The van der Waals surface area contributed by atoms with Gasteiger partial charge in [0.25, 0.3) is 0 Å². The summed E-state index contributed by atoms with van der Waals surface area (Å²) in [5, 5.41) is 2.91. The molecule has 0 saturated carbocycles. The number of fused-ring (bicyclic) bond motifs is 1. The van der Waals surface area contributed by atoms with Crippen LogP contribution in [0.4, 0.5) is 4.39 Å². The van der Waals surface area contributed by atoms with E-state index in [0.717, 1.165) is 10.4 Å². The highest BCUT2D eigenvalue weighted by molar-refractivity contribution is 7.17. The van der Waals surface area contributed by atoms with E-state index >= 15 is 0 Å². The van der Waals surface area contributed by atoms with Crippen molar-refractivity contribution in [1.82, 2.24) is 5.32 Å². The number of ketones is 1. The van der Waals surface area contributed by atoms with Gasteiger partial charge in [-0.3, -0.25) is 9.59 Å². The van der Waals surface area contributed by atoms with Crippen LogP contribution in [0.3, 0.4) is 0 Å². The highest BCUT2D eigenvalue weighted by Gasteiger charge is 2.28. The standard InChI is InChI=1S/C21H24FNO3S/c1-12(24)17-5-6-18(27-17)16-9-14(22)7-13-8-15(26-20(13)16)11-23-19(25)10-21(2,3)4/h5-7,9,15H,8,10-11H2,1-4H3,(H,23,25). The second-order valence-corrected chi connectivity index (χ2v) is 9.23. The maximum absolute atomic E-state index is 14.1. The maximum atomic E-state index is 14.1. The summed E-state index contributed by atoms with van der Waals surface area (Å²) in [5.41, 5.74) is 1.37. The van der Waals surface area contributed by atoms with Crippen LogP contribution in [-0.4, -0.2) is 24.3 Å². The smallest absolute Gasteiger partial charge is 0.220 e. The molecule has 3 rings (SSSR count). The van der Waals surface area contributed by atoms with E-state index in [4.69, 9.17) is 4.74 Å². The molecule has 6 heteroatoms. The fourth-order valence-corrected chi connectivity index (χ4v) is 4.05. The lowest BCUT2D eigenvalue weighted by Crippen LogP contribution is -2.36. The predicted molar refractivity (Wildman–Crippen MR) is 105 cm³/mol. The molecule has 0 bridgehead atoms. The van der Waals surface area contributed by atoms with Crippen molar-refractivity contribution in [2.75, 3.05) is 6.54 Å². The molecule has 0 radical (unpaired) electrons. The second kappa shape index (κ2) is 7.43. The largest absolute Gasteiger partial charge is 0.487 e. The third-order valence-corrected chi connectivity index (χ3v) is 5.52. The van der Waals surface area contributed by atoms with E-state index < -0.39 is 0 Å². The number of hydrogen-bond acceptors (Lipinski definition) is 4. The molecule has 2 heterocycles. The Hall–Kier alpha value is -2.21. The zero-order valence-corrected chi connectivity index (χ0v) is 16.8. The number of halogens is 1. The van der Waals surface area contributed by atoms with Crippen molar-refractivity contribution < 1.29 is 18.7 Å². The van der Waals surface area contributed by atoms with Crippen molar-refractivity contribution in [3.05, 3.63) is 40.5 Å². The zero-order chi connectivity index (χ0) is 19.8. The van der Waals surface area contributed by atoms with Crippen LogP contribution in [0.2, 0.25) is 0 Å². The molecule has 0 spiro atoms. The number of Topliss-reactive ketones (excluding diaryl/α,β-unsaturated/α-hetero) is 1. The summed E-state index contributed by atoms with van der Waals surface area (Å²) in [6, 6.07) is 6.49. The van der Waals surface area contributed by atoms with Crippen LogP contribution in [0.25, 0.3) is 10.4 Å². The number of carbonyl (C=O) groups is 2. The zero-order valence-electron chi connectivity index (χ0n) is 16.0. The Morgan fingerprint density at radius 1 is 1.30 bits per heavy atom. The number of nitrogens with one attached hydrogen (secondary N) is 1. The first-order valence-corrected chi connectivity index (χ1v) is 9.81. The van der Waals surface area contributed by atoms with Gasteiger partial charge in [-0.05, 0) is 36.6 Å². The molecule has 1 N–H and O–H groups in total. The minimum atomic E-state index is -0.331. The lowest BCUT2D eigenvalue weighted by atomic mass is 9.92. The van der Waals surface area contributed by atoms with Gasteiger partial charge in [0.1, 0.15) is 17.7 Å². The first-order valence-electron chi connectivity index (χ1n) is 8.99. The molecule has 1 aliphatic rings. The quantitative estimate of drug-likeness (QED) is 0.760. The van der Waals surface area contributed by atoms with Gasteiger partial charge in [0.15, 0.2) is 5.78 Å². The number of benzene rings is 1. The van der Waals surface area contributed by atoms with Gasteiger partial charge in [0.05, 0.1) is 11.4 Å². The van der Waals surface area contributed by atoms with Gasteiger partial charge in [-0.25, -0.2) is 4.39 Å². The fraction of sp³-hybridized carbons (Fsp3) is 0.429. The molecule has 2 aromatic rings. The Kier molecular flexibility index (Phi) is 5.38. The van der Waals surface area contributed by atoms with Crippen molar-refractivity contribution >= 4 is 23.0 Å². The third-order valence-electron chi connectivity index (χ3n) is 4.30. The van der Waals surface area contributed by atoms with Gasteiger partial charge in [-0.2, -0.15) is 0 Å². The first-order chi connectivity index (χ1) is 12.6. The second-order valence-electron chi connectivity index (χ2n) is 8.15. The van der Waals surface area contributed by atoms with Gasteiger partial charge in [0.2, 0.25) is 5.91 Å². The van der Waals surface area contributed by atoms with Crippen molar-refractivity contribution in [2.45, 2.75) is 46.6 Å². The lowest BCUT2D eigenvalue weighted by molar-refractivity contribution is -0.123. The number of carbonyl (C=O) groups excluding carboxylic acids is 2. The SMILES string of the molecule is CC(=O)c1ccc(-c2cc(F)cc3c2OC(CNC(=O)CC(C)(C)C)C3)s1. The summed E-state index contributed by atoms with van der Waals surface area (Å²) in [5.74, 6) is 0.281. The van der Waals surface area contributed by atoms with Crippen molar-refractivity contribution in [3.8, 4) is 16.2 Å². The Labute approximate surface area is 162 Å². The van der Waals surface area contributed by atoms with Crippen molar-refractivity contribution in [3.63, 3.8) is 0 Å². The number of rotatable bonds is 5. The summed E-state index contributed by atoms with van der Waals surface area (Å²) in [6.07, 6.45) is 0.757. The van der Waals surface area contributed by atoms with Gasteiger partial charge in [-0.1, -0.05) is 20.8 Å². The van der Waals surface area contributed by atoms with Crippen LogP contribution < -0.4 is 10.1 Å². The summed E-state index contributed by atoms with van der Waals surface area (Å²) in [6.45, 7) is 7.94. The molecule has 4 nitrogen and oxygen atoms in total. The van der Waals surface area contributed by atoms with E-state index in [9.17, 15) is 14.0 Å². The Bertz CT molecular complexity index is 882. The van der Waals surface area contributed by atoms with E-state index in [1.807, 2.05) is 26.8 Å². The predicted octanol–water partition coefficient (Wildman–Crippen LogP) is 4.61. The fourth-order valence-electron chi connectivity index (χ4n) is 3.14. The number of ether oxygens (including phenoxy) is 1. The maximum Gasteiger partial charge on any atom is 0.220 e. The van der Waals surface area contributed by atoms with Crippen molar-refractivity contribution in [2.24, 2.45) is 5.41 Å². The Morgan fingerprint density at radius 2 is 2.04 bits per heavy atom. The first kappa shape index (κ1) is 19.5. The molecule has 1 atom stereocenters. The van der Waals surface area contributed by atoms with Gasteiger partial charge < -0.3 is 10.1 Å². The van der Waals surface area contributed by atoms with Crippen LogP contribution in [0.1, 0.15) is 49.4 Å². The van der Waals surface area contributed by atoms with E-state index in [-0.39, 0.29) is 29.0 Å². The van der Waals surface area contributed by atoms with E-state index in [2.05, 4.69) is 5.32 Å². The van der Waals surface area contributed by atoms with Crippen LogP contribution in [0.15, 0.2) is 24.3 Å².